The summed E-state index contributed by atoms with van der Waals surface area (Å²) >= 11 is 18.3. The molecule has 1 N–H and O–H groups in total. The quantitative estimate of drug-likeness (QED) is 0.705. The van der Waals surface area contributed by atoms with Crippen molar-refractivity contribution in [3.8, 4) is 11.1 Å². The first-order valence-electron chi connectivity index (χ1n) is 8.53. The Morgan fingerprint density at radius 3 is 2.44 bits per heavy atom. The molecular weight excluding hydrogens is 416 g/mol. The zero-order valence-electron chi connectivity index (χ0n) is 14.9. The van der Waals surface area contributed by atoms with Crippen molar-refractivity contribution in [3.05, 3.63) is 38.5 Å². The van der Waals surface area contributed by atoms with Gasteiger partial charge in [-0.2, -0.15) is 0 Å². The van der Waals surface area contributed by atoms with Crippen molar-refractivity contribution >= 4 is 46.4 Å². The van der Waals surface area contributed by atoms with Gasteiger partial charge in [-0.3, -0.25) is 14.3 Å². The van der Waals surface area contributed by atoms with E-state index in [4.69, 9.17) is 34.8 Å². The molecule has 2 heterocycles. The van der Waals surface area contributed by atoms with Gasteiger partial charge in [0.15, 0.2) is 0 Å². The number of amides is 1. The lowest BCUT2D eigenvalue weighted by molar-refractivity contribution is -0.122. The van der Waals surface area contributed by atoms with E-state index in [0.717, 1.165) is 18.9 Å². The average Bonchev–Trinajstić information content (AvgIpc) is 2.88. The van der Waals surface area contributed by atoms with Crippen LogP contribution in [0.2, 0.25) is 10.2 Å². The molecule has 1 aliphatic heterocycles. The van der Waals surface area contributed by atoms with Crippen molar-refractivity contribution in [1.29, 1.82) is 0 Å². The highest BCUT2D eigenvalue weighted by atomic mass is 35.5. The standard InChI is InChI=1S/C18H19Cl3FN3O2/c1-18(2,9-19)17(27)23-13-7-10(12(22)8-11(13)20)14-15(21)24-5-3-4-6-25(24)16(14)26/h7-8H,3-6,9H2,1-2H3,(H,23,27). The van der Waals surface area contributed by atoms with Gasteiger partial charge in [-0.05, 0) is 38.8 Å². The lowest BCUT2D eigenvalue weighted by Crippen LogP contribution is -2.32. The van der Waals surface area contributed by atoms with Crippen molar-refractivity contribution < 1.29 is 9.18 Å². The Kier molecular flexibility index (Phi) is 5.62. The molecule has 146 valence electrons. The van der Waals surface area contributed by atoms with Gasteiger partial charge in [0.2, 0.25) is 5.91 Å². The lowest BCUT2D eigenvalue weighted by Gasteiger charge is -2.21. The number of rotatable bonds is 4. The van der Waals surface area contributed by atoms with E-state index in [1.54, 1.807) is 18.5 Å². The highest BCUT2D eigenvalue weighted by Crippen LogP contribution is 2.35. The van der Waals surface area contributed by atoms with Gasteiger partial charge >= 0.3 is 0 Å². The molecule has 0 saturated carbocycles. The molecule has 1 aromatic carbocycles. The molecule has 0 fully saturated rings. The normalized spacial score (nSPS) is 14.1. The van der Waals surface area contributed by atoms with Gasteiger partial charge in [0, 0.05) is 24.5 Å². The smallest absolute Gasteiger partial charge is 0.276 e. The van der Waals surface area contributed by atoms with Crippen molar-refractivity contribution in [1.82, 2.24) is 9.36 Å². The lowest BCUT2D eigenvalue weighted by atomic mass is 9.95. The van der Waals surface area contributed by atoms with Gasteiger partial charge in [-0.15, -0.1) is 11.6 Å². The van der Waals surface area contributed by atoms with Gasteiger partial charge < -0.3 is 5.32 Å². The first kappa shape index (κ1) is 20.2. The van der Waals surface area contributed by atoms with E-state index in [2.05, 4.69) is 5.32 Å². The summed E-state index contributed by atoms with van der Waals surface area (Å²) in [5.41, 5.74) is -0.936. The largest absolute Gasteiger partial charge is 0.324 e. The molecule has 5 nitrogen and oxygen atoms in total. The first-order valence-corrected chi connectivity index (χ1v) is 9.82. The minimum absolute atomic E-state index is 0.00257. The summed E-state index contributed by atoms with van der Waals surface area (Å²) in [4.78, 5) is 25.2. The number of carbonyl (C=O) groups is 1. The Hall–Kier alpha value is -1.50. The van der Waals surface area contributed by atoms with E-state index in [-0.39, 0.29) is 44.3 Å². The Morgan fingerprint density at radius 1 is 1.22 bits per heavy atom. The van der Waals surface area contributed by atoms with Gasteiger partial charge in [-0.25, -0.2) is 9.07 Å². The molecule has 0 bridgehead atoms. The molecule has 27 heavy (non-hydrogen) atoms. The molecule has 0 unspecified atom stereocenters. The molecular formula is C18H19Cl3FN3O2. The fraction of sp³-hybridized carbons (Fsp3) is 0.444. The summed E-state index contributed by atoms with van der Waals surface area (Å²) in [7, 11) is 0. The zero-order chi connectivity index (χ0) is 19.9. The van der Waals surface area contributed by atoms with Gasteiger partial charge in [-0.1, -0.05) is 23.2 Å². The molecule has 2 aromatic rings. The number of nitrogens with zero attached hydrogens (tertiary/aromatic N) is 2. The maximum atomic E-state index is 14.6. The minimum atomic E-state index is -0.841. The number of hydrogen-bond donors (Lipinski definition) is 1. The Morgan fingerprint density at radius 2 is 1.85 bits per heavy atom. The number of anilines is 1. The molecule has 0 spiro atoms. The third-order valence-electron chi connectivity index (χ3n) is 4.69. The van der Waals surface area contributed by atoms with E-state index in [1.165, 1.54) is 10.7 Å². The average molecular weight is 435 g/mol. The summed E-state index contributed by atoms with van der Waals surface area (Å²) in [6, 6.07) is 2.41. The van der Waals surface area contributed by atoms with E-state index in [0.29, 0.717) is 13.1 Å². The number of carbonyl (C=O) groups excluding carboxylic acids is 1. The van der Waals surface area contributed by atoms with Crippen LogP contribution in [0, 0.1) is 11.2 Å². The van der Waals surface area contributed by atoms with Crippen LogP contribution >= 0.6 is 34.8 Å². The molecule has 0 aliphatic carbocycles. The van der Waals surface area contributed by atoms with Crippen LogP contribution in [0.4, 0.5) is 10.1 Å². The van der Waals surface area contributed by atoms with Crippen molar-refractivity contribution in [2.45, 2.75) is 39.8 Å². The minimum Gasteiger partial charge on any atom is -0.324 e. The van der Waals surface area contributed by atoms with Gasteiger partial charge in [0.05, 0.1) is 21.7 Å². The second-order valence-electron chi connectivity index (χ2n) is 7.21. The summed E-state index contributed by atoms with van der Waals surface area (Å²) in [6.45, 7) is 4.48. The predicted molar refractivity (Wildman–Crippen MR) is 106 cm³/mol. The number of hydrogen-bond acceptors (Lipinski definition) is 2. The molecule has 3 rings (SSSR count). The van der Waals surface area contributed by atoms with E-state index >= 15 is 0 Å². The monoisotopic (exact) mass is 433 g/mol. The Bertz CT molecular complexity index is 966. The second-order valence-corrected chi connectivity index (χ2v) is 8.24. The van der Waals surface area contributed by atoms with Gasteiger partial charge in [0.1, 0.15) is 11.0 Å². The predicted octanol–water partition coefficient (Wildman–Crippen LogP) is 4.76. The summed E-state index contributed by atoms with van der Waals surface area (Å²) in [6.07, 6.45) is 1.75. The molecule has 0 radical (unpaired) electrons. The number of halogens is 4. The summed E-state index contributed by atoms with van der Waals surface area (Å²) < 4.78 is 17.8. The second kappa shape index (κ2) is 7.49. The van der Waals surface area contributed by atoms with Crippen molar-refractivity contribution in [2.24, 2.45) is 5.41 Å². The molecule has 9 heteroatoms. The van der Waals surface area contributed by atoms with Crippen LogP contribution < -0.4 is 10.9 Å². The maximum absolute atomic E-state index is 14.6. The van der Waals surface area contributed by atoms with Gasteiger partial charge in [0.25, 0.3) is 5.56 Å². The topological polar surface area (TPSA) is 56.0 Å². The zero-order valence-corrected chi connectivity index (χ0v) is 17.2. The fourth-order valence-corrected chi connectivity index (χ4v) is 3.62. The fourth-order valence-electron chi connectivity index (χ4n) is 2.94. The number of fused-ring (bicyclic) bond motifs is 1. The molecule has 1 amide bonds. The maximum Gasteiger partial charge on any atom is 0.276 e. The molecule has 0 atom stereocenters. The molecule has 1 aromatic heterocycles. The number of aromatic nitrogens is 2. The van der Waals surface area contributed by atoms with E-state index < -0.39 is 11.2 Å². The van der Waals surface area contributed by atoms with Crippen LogP contribution in [0.3, 0.4) is 0 Å². The molecule has 1 aliphatic rings. The molecule has 0 saturated heterocycles. The van der Waals surface area contributed by atoms with Crippen LogP contribution in [0.25, 0.3) is 11.1 Å². The van der Waals surface area contributed by atoms with Crippen LogP contribution in [-0.2, 0) is 17.9 Å². The van der Waals surface area contributed by atoms with Crippen LogP contribution in [0.1, 0.15) is 26.7 Å². The third-order valence-corrected chi connectivity index (χ3v) is 6.05. The van der Waals surface area contributed by atoms with Crippen LogP contribution in [0.5, 0.6) is 0 Å². The summed E-state index contributed by atoms with van der Waals surface area (Å²) in [5.74, 6) is -0.947. The first-order chi connectivity index (χ1) is 12.7. The van der Waals surface area contributed by atoms with Crippen LogP contribution in [-0.4, -0.2) is 21.2 Å². The van der Waals surface area contributed by atoms with Crippen LogP contribution in [0.15, 0.2) is 16.9 Å². The van der Waals surface area contributed by atoms with Crippen molar-refractivity contribution in [3.63, 3.8) is 0 Å². The van der Waals surface area contributed by atoms with E-state index in [1.807, 2.05) is 0 Å². The highest BCUT2D eigenvalue weighted by molar-refractivity contribution is 6.34. The third kappa shape index (κ3) is 3.62. The van der Waals surface area contributed by atoms with Crippen molar-refractivity contribution in [2.75, 3.05) is 11.2 Å². The summed E-state index contributed by atoms with van der Waals surface area (Å²) in [5, 5.41) is 2.86. The SMILES string of the molecule is CC(C)(CCl)C(=O)Nc1cc(-c2c(Cl)n3n(c2=O)CCCC3)c(F)cc1Cl. The number of alkyl halides is 1. The number of nitrogens with one attached hydrogen (secondary N) is 1. The highest BCUT2D eigenvalue weighted by Gasteiger charge is 2.29. The van der Waals surface area contributed by atoms with E-state index in [9.17, 15) is 14.0 Å². The Labute approximate surface area is 171 Å². The Balaban J connectivity index is 2.10. The number of benzene rings is 1.